The number of hydrogen-bond acceptors (Lipinski definition) is 4. The summed E-state index contributed by atoms with van der Waals surface area (Å²) in [6, 6.07) is 12.9. The molecule has 0 N–H and O–H groups in total. The molecule has 0 aliphatic carbocycles. The van der Waals surface area contributed by atoms with Gasteiger partial charge >= 0.3 is 5.97 Å². The minimum atomic E-state index is -0.590. The van der Waals surface area contributed by atoms with Crippen LogP contribution < -0.4 is 9.64 Å². The molecule has 0 fully saturated rings. The van der Waals surface area contributed by atoms with Crippen LogP contribution in [0, 0.1) is 6.92 Å². The number of carbonyl (C=O) groups excluding carboxylic acids is 2. The number of rotatable bonds is 5. The number of benzene rings is 2. The second-order valence-electron chi connectivity index (χ2n) is 6.30. The zero-order valence-corrected chi connectivity index (χ0v) is 15.5. The van der Waals surface area contributed by atoms with E-state index in [1.807, 2.05) is 38.1 Å². The molecule has 1 aliphatic rings. The molecule has 1 unspecified atom stereocenters. The molecular weight excluding hydrogens is 354 g/mol. The molecule has 26 heavy (non-hydrogen) atoms. The first-order valence-corrected chi connectivity index (χ1v) is 8.78. The van der Waals surface area contributed by atoms with Gasteiger partial charge in [-0.1, -0.05) is 29.8 Å². The van der Waals surface area contributed by atoms with Gasteiger partial charge in [0.15, 0.2) is 13.2 Å². The summed E-state index contributed by atoms with van der Waals surface area (Å²) in [5.41, 5.74) is 2.83. The Balaban J connectivity index is 1.52. The Morgan fingerprint density at radius 2 is 1.96 bits per heavy atom. The second-order valence-corrected chi connectivity index (χ2v) is 6.74. The van der Waals surface area contributed by atoms with Gasteiger partial charge < -0.3 is 14.4 Å². The van der Waals surface area contributed by atoms with E-state index < -0.39 is 5.97 Å². The molecule has 0 saturated heterocycles. The van der Waals surface area contributed by atoms with E-state index in [9.17, 15) is 9.59 Å². The highest BCUT2D eigenvalue weighted by molar-refractivity contribution is 6.30. The average Bonchev–Trinajstić information content (AvgIpc) is 2.94. The van der Waals surface area contributed by atoms with E-state index in [1.54, 1.807) is 23.1 Å². The van der Waals surface area contributed by atoms with Crippen molar-refractivity contribution in [2.75, 3.05) is 18.1 Å². The van der Waals surface area contributed by atoms with Crippen LogP contribution in [-0.2, 0) is 20.7 Å². The van der Waals surface area contributed by atoms with Gasteiger partial charge in [0.25, 0.3) is 5.91 Å². The Bertz CT molecular complexity index is 836. The van der Waals surface area contributed by atoms with Gasteiger partial charge in [0.2, 0.25) is 0 Å². The van der Waals surface area contributed by atoms with E-state index in [-0.39, 0.29) is 25.2 Å². The number of aryl methyl sites for hydroxylation is 1. The third-order valence-electron chi connectivity index (χ3n) is 4.32. The molecule has 0 bridgehead atoms. The fraction of sp³-hybridized carbons (Fsp3) is 0.300. The first kappa shape index (κ1) is 18.3. The van der Waals surface area contributed by atoms with Crippen molar-refractivity contribution >= 4 is 29.2 Å². The molecule has 0 spiro atoms. The lowest BCUT2D eigenvalue weighted by Gasteiger charge is -2.22. The highest BCUT2D eigenvalue weighted by atomic mass is 35.5. The van der Waals surface area contributed by atoms with Crippen molar-refractivity contribution in [2.45, 2.75) is 26.3 Å². The van der Waals surface area contributed by atoms with Crippen molar-refractivity contribution in [3.8, 4) is 5.75 Å². The lowest BCUT2D eigenvalue weighted by atomic mass is 10.1. The average molecular weight is 374 g/mol. The SMILES string of the molecule is Cc1cc(Cl)ccc1OCC(=O)OCC(=O)N1c2ccccc2CC1C. The largest absolute Gasteiger partial charge is 0.482 e. The summed E-state index contributed by atoms with van der Waals surface area (Å²) in [6.07, 6.45) is 0.800. The molecule has 1 atom stereocenters. The number of hydrogen-bond donors (Lipinski definition) is 0. The molecule has 2 aromatic carbocycles. The van der Waals surface area contributed by atoms with Crippen molar-refractivity contribution in [1.82, 2.24) is 0 Å². The van der Waals surface area contributed by atoms with E-state index in [2.05, 4.69) is 0 Å². The lowest BCUT2D eigenvalue weighted by molar-refractivity contribution is -0.149. The van der Waals surface area contributed by atoms with Crippen LogP contribution in [-0.4, -0.2) is 31.1 Å². The molecule has 3 rings (SSSR count). The highest BCUT2D eigenvalue weighted by Crippen LogP contribution is 2.31. The molecule has 1 amide bonds. The first-order chi connectivity index (χ1) is 12.5. The zero-order valence-electron chi connectivity index (χ0n) is 14.7. The predicted octanol–water partition coefficient (Wildman–Crippen LogP) is 3.55. The van der Waals surface area contributed by atoms with Crippen LogP contribution in [0.25, 0.3) is 0 Å². The fourth-order valence-electron chi connectivity index (χ4n) is 3.11. The Hall–Kier alpha value is -2.53. The third kappa shape index (κ3) is 3.99. The van der Waals surface area contributed by atoms with Crippen LogP contribution in [0.4, 0.5) is 5.69 Å². The van der Waals surface area contributed by atoms with Gasteiger partial charge in [-0.15, -0.1) is 0 Å². The van der Waals surface area contributed by atoms with Crippen molar-refractivity contribution in [2.24, 2.45) is 0 Å². The van der Waals surface area contributed by atoms with Gasteiger partial charge in [-0.05, 0) is 55.7 Å². The number of anilines is 1. The summed E-state index contributed by atoms with van der Waals surface area (Å²) >= 11 is 5.88. The summed E-state index contributed by atoms with van der Waals surface area (Å²) in [5, 5.41) is 0.600. The summed E-state index contributed by atoms with van der Waals surface area (Å²) in [6.45, 7) is 3.25. The van der Waals surface area contributed by atoms with Crippen LogP contribution in [0.3, 0.4) is 0 Å². The number of esters is 1. The number of carbonyl (C=O) groups is 2. The number of ether oxygens (including phenoxy) is 2. The summed E-state index contributed by atoms with van der Waals surface area (Å²) in [4.78, 5) is 26.1. The molecular formula is C20H20ClNO4. The third-order valence-corrected chi connectivity index (χ3v) is 4.55. The fourth-order valence-corrected chi connectivity index (χ4v) is 3.34. The quantitative estimate of drug-likeness (QED) is 0.752. The molecule has 1 heterocycles. The number of nitrogens with zero attached hydrogens (tertiary/aromatic N) is 1. The van der Waals surface area contributed by atoms with Crippen LogP contribution in [0.2, 0.25) is 5.02 Å². The maximum atomic E-state index is 12.5. The van der Waals surface area contributed by atoms with Crippen LogP contribution >= 0.6 is 11.6 Å². The summed E-state index contributed by atoms with van der Waals surface area (Å²) in [7, 11) is 0. The smallest absolute Gasteiger partial charge is 0.344 e. The van der Waals surface area contributed by atoms with E-state index in [0.717, 1.165) is 23.2 Å². The first-order valence-electron chi connectivity index (χ1n) is 8.40. The Kier molecular flexibility index (Phi) is 5.47. The van der Waals surface area contributed by atoms with Gasteiger partial charge in [0.05, 0.1) is 0 Å². The topological polar surface area (TPSA) is 55.8 Å². The number of fused-ring (bicyclic) bond motifs is 1. The Labute approximate surface area is 157 Å². The Morgan fingerprint density at radius 1 is 1.19 bits per heavy atom. The molecule has 0 radical (unpaired) electrons. The minimum absolute atomic E-state index is 0.0477. The summed E-state index contributed by atoms with van der Waals surface area (Å²) in [5.74, 6) is -0.272. The second kappa shape index (κ2) is 7.79. The lowest BCUT2D eigenvalue weighted by Crippen LogP contribution is -2.39. The van der Waals surface area contributed by atoms with E-state index >= 15 is 0 Å². The van der Waals surface area contributed by atoms with E-state index in [1.165, 1.54) is 0 Å². The van der Waals surface area contributed by atoms with Crippen molar-refractivity contribution in [3.63, 3.8) is 0 Å². The normalized spacial score (nSPS) is 15.5. The van der Waals surface area contributed by atoms with Crippen molar-refractivity contribution in [3.05, 3.63) is 58.6 Å². The maximum Gasteiger partial charge on any atom is 0.344 e. The maximum absolute atomic E-state index is 12.5. The van der Waals surface area contributed by atoms with E-state index in [0.29, 0.717) is 10.8 Å². The number of para-hydroxylation sites is 1. The Morgan fingerprint density at radius 3 is 2.73 bits per heavy atom. The van der Waals surface area contributed by atoms with Crippen molar-refractivity contribution < 1.29 is 19.1 Å². The van der Waals surface area contributed by atoms with Gasteiger partial charge in [-0.25, -0.2) is 4.79 Å². The molecule has 5 nitrogen and oxygen atoms in total. The summed E-state index contributed by atoms with van der Waals surface area (Å²) < 4.78 is 10.5. The van der Waals surface area contributed by atoms with Gasteiger partial charge in [-0.2, -0.15) is 0 Å². The zero-order chi connectivity index (χ0) is 18.7. The molecule has 1 aliphatic heterocycles. The minimum Gasteiger partial charge on any atom is -0.482 e. The highest BCUT2D eigenvalue weighted by Gasteiger charge is 2.30. The number of amides is 1. The van der Waals surface area contributed by atoms with Gasteiger partial charge in [0.1, 0.15) is 5.75 Å². The molecule has 6 heteroatoms. The van der Waals surface area contributed by atoms with Crippen molar-refractivity contribution in [1.29, 1.82) is 0 Å². The molecule has 0 aromatic heterocycles. The molecule has 2 aromatic rings. The monoisotopic (exact) mass is 373 g/mol. The van der Waals surface area contributed by atoms with E-state index in [4.69, 9.17) is 21.1 Å². The van der Waals surface area contributed by atoms with Crippen LogP contribution in [0.5, 0.6) is 5.75 Å². The van der Waals surface area contributed by atoms with Crippen LogP contribution in [0.15, 0.2) is 42.5 Å². The number of halogens is 1. The van der Waals surface area contributed by atoms with Crippen LogP contribution in [0.1, 0.15) is 18.1 Å². The molecule has 136 valence electrons. The standard InChI is InChI=1S/C20H20ClNO4/c1-13-9-16(21)7-8-18(13)25-12-20(24)26-11-19(23)22-14(2)10-15-5-3-4-6-17(15)22/h3-9,14H,10-12H2,1-2H3. The molecule has 0 saturated carbocycles. The van der Waals surface area contributed by atoms with Gasteiger partial charge in [-0.3, -0.25) is 4.79 Å². The predicted molar refractivity (Wildman–Crippen MR) is 99.7 cm³/mol. The van der Waals surface area contributed by atoms with Gasteiger partial charge in [0, 0.05) is 16.8 Å².